The average Bonchev–Trinajstić information content (AvgIpc) is 2.59. The lowest BCUT2D eigenvalue weighted by Crippen LogP contribution is -2.17. The highest BCUT2D eigenvalue weighted by Gasteiger charge is 2.18. The van der Waals surface area contributed by atoms with E-state index in [9.17, 15) is 4.79 Å². The highest BCUT2D eigenvalue weighted by atomic mass is 16.1. The summed E-state index contributed by atoms with van der Waals surface area (Å²) < 4.78 is 0. The lowest BCUT2D eigenvalue weighted by molar-refractivity contribution is -0.107. The molecule has 1 aliphatic rings. The Labute approximate surface area is 83.9 Å². The molecule has 1 amide bonds. The molecule has 0 radical (unpaired) electrons. The molecule has 1 aliphatic heterocycles. The van der Waals surface area contributed by atoms with Crippen molar-refractivity contribution in [1.29, 1.82) is 0 Å². The Kier molecular flexibility index (Phi) is 2.15. The van der Waals surface area contributed by atoms with Gasteiger partial charge in [0.2, 0.25) is 6.41 Å². The number of amides is 1. The normalized spacial score (nSPS) is 14.0. The van der Waals surface area contributed by atoms with E-state index in [1.807, 2.05) is 26.2 Å². The van der Waals surface area contributed by atoms with Crippen molar-refractivity contribution in [2.75, 3.05) is 30.4 Å². The standard InChI is InChI=1S/C11H14N2O/c1-12(2)10-3-4-11-9(7-10)5-6-13(11)8-14/h3-4,7-8H,5-6H2,1-2H3. The topological polar surface area (TPSA) is 23.6 Å². The number of benzene rings is 1. The van der Waals surface area contributed by atoms with E-state index in [0.29, 0.717) is 0 Å². The fraction of sp³-hybridized carbons (Fsp3) is 0.364. The number of fused-ring (bicyclic) bond motifs is 1. The van der Waals surface area contributed by atoms with Crippen LogP contribution in [0, 0.1) is 0 Å². The third-order valence-electron chi connectivity index (χ3n) is 2.64. The molecule has 3 nitrogen and oxygen atoms in total. The number of anilines is 2. The minimum Gasteiger partial charge on any atom is -0.378 e. The molecule has 0 saturated carbocycles. The van der Waals surface area contributed by atoms with Crippen molar-refractivity contribution < 1.29 is 4.79 Å². The van der Waals surface area contributed by atoms with Crippen LogP contribution in [0.5, 0.6) is 0 Å². The van der Waals surface area contributed by atoms with Gasteiger partial charge in [-0.1, -0.05) is 0 Å². The van der Waals surface area contributed by atoms with Crippen LogP contribution >= 0.6 is 0 Å². The maximum Gasteiger partial charge on any atom is 0.214 e. The first-order valence-corrected chi connectivity index (χ1v) is 4.74. The van der Waals surface area contributed by atoms with Crippen molar-refractivity contribution in [3.63, 3.8) is 0 Å². The van der Waals surface area contributed by atoms with Gasteiger partial charge in [0, 0.05) is 32.0 Å². The predicted molar refractivity (Wildman–Crippen MR) is 57.9 cm³/mol. The van der Waals surface area contributed by atoms with Gasteiger partial charge < -0.3 is 9.80 Å². The Morgan fingerprint density at radius 2 is 2.21 bits per heavy atom. The van der Waals surface area contributed by atoms with E-state index in [1.54, 1.807) is 4.90 Å². The summed E-state index contributed by atoms with van der Waals surface area (Å²) in [6.45, 7) is 0.815. The van der Waals surface area contributed by atoms with Crippen LogP contribution in [0.15, 0.2) is 18.2 Å². The van der Waals surface area contributed by atoms with Crippen LogP contribution in [0.2, 0.25) is 0 Å². The maximum atomic E-state index is 10.7. The van der Waals surface area contributed by atoms with Crippen molar-refractivity contribution in [2.24, 2.45) is 0 Å². The first kappa shape index (κ1) is 9.06. The third-order valence-corrected chi connectivity index (χ3v) is 2.64. The van der Waals surface area contributed by atoms with Crippen molar-refractivity contribution in [2.45, 2.75) is 6.42 Å². The van der Waals surface area contributed by atoms with E-state index >= 15 is 0 Å². The molecule has 0 atom stereocenters. The summed E-state index contributed by atoms with van der Waals surface area (Å²) >= 11 is 0. The molecule has 0 spiro atoms. The zero-order valence-electron chi connectivity index (χ0n) is 8.53. The van der Waals surface area contributed by atoms with Gasteiger partial charge in [0.1, 0.15) is 0 Å². The molecular formula is C11H14N2O. The predicted octanol–water partition coefficient (Wildman–Crippen LogP) is 1.27. The van der Waals surface area contributed by atoms with Crippen LogP contribution in [-0.4, -0.2) is 27.1 Å². The van der Waals surface area contributed by atoms with E-state index in [4.69, 9.17) is 0 Å². The summed E-state index contributed by atoms with van der Waals surface area (Å²) in [5.41, 5.74) is 3.52. The van der Waals surface area contributed by atoms with E-state index in [-0.39, 0.29) is 0 Å². The largest absolute Gasteiger partial charge is 0.378 e. The Balaban J connectivity index is 2.38. The smallest absolute Gasteiger partial charge is 0.214 e. The number of hydrogen-bond donors (Lipinski definition) is 0. The molecule has 14 heavy (non-hydrogen) atoms. The number of hydrogen-bond acceptors (Lipinski definition) is 2. The molecule has 74 valence electrons. The lowest BCUT2D eigenvalue weighted by atomic mass is 10.1. The van der Waals surface area contributed by atoms with Gasteiger partial charge in [0.05, 0.1) is 0 Å². The molecule has 1 heterocycles. The van der Waals surface area contributed by atoms with Crippen LogP contribution in [-0.2, 0) is 11.2 Å². The quantitative estimate of drug-likeness (QED) is 0.656. The molecule has 1 aromatic rings. The van der Waals surface area contributed by atoms with Gasteiger partial charge in [-0.15, -0.1) is 0 Å². The SMILES string of the molecule is CN(C)c1ccc2c(c1)CCN2C=O. The van der Waals surface area contributed by atoms with Gasteiger partial charge in [0.15, 0.2) is 0 Å². The molecule has 0 fully saturated rings. The van der Waals surface area contributed by atoms with Crippen LogP contribution < -0.4 is 9.80 Å². The minimum atomic E-state index is 0.815. The molecule has 0 aliphatic carbocycles. The molecule has 2 rings (SSSR count). The minimum absolute atomic E-state index is 0.815. The zero-order chi connectivity index (χ0) is 10.1. The fourth-order valence-electron chi connectivity index (χ4n) is 1.80. The molecular weight excluding hydrogens is 176 g/mol. The van der Waals surface area contributed by atoms with Crippen molar-refractivity contribution >= 4 is 17.8 Å². The van der Waals surface area contributed by atoms with E-state index in [0.717, 1.165) is 25.1 Å². The first-order chi connectivity index (χ1) is 6.72. The number of rotatable bonds is 2. The van der Waals surface area contributed by atoms with Crippen molar-refractivity contribution in [3.05, 3.63) is 23.8 Å². The third kappa shape index (κ3) is 1.35. The molecule has 0 saturated heterocycles. The number of carbonyl (C=O) groups is 1. The van der Waals surface area contributed by atoms with Crippen LogP contribution in [0.4, 0.5) is 11.4 Å². The van der Waals surface area contributed by atoms with Gasteiger partial charge in [-0.25, -0.2) is 0 Å². The summed E-state index contributed by atoms with van der Waals surface area (Å²) in [5, 5.41) is 0. The van der Waals surface area contributed by atoms with Gasteiger partial charge in [-0.3, -0.25) is 4.79 Å². The van der Waals surface area contributed by atoms with E-state index < -0.39 is 0 Å². The second-order valence-electron chi connectivity index (χ2n) is 3.76. The molecule has 0 aromatic heterocycles. The van der Waals surface area contributed by atoms with Gasteiger partial charge >= 0.3 is 0 Å². The summed E-state index contributed by atoms with van der Waals surface area (Å²) in [6.07, 6.45) is 1.87. The van der Waals surface area contributed by atoms with Crippen molar-refractivity contribution in [3.8, 4) is 0 Å². The Morgan fingerprint density at radius 3 is 2.86 bits per heavy atom. The van der Waals surface area contributed by atoms with Crippen LogP contribution in [0.25, 0.3) is 0 Å². The molecule has 0 unspecified atom stereocenters. The monoisotopic (exact) mass is 190 g/mol. The summed E-state index contributed by atoms with van der Waals surface area (Å²) in [5.74, 6) is 0. The molecule has 1 aromatic carbocycles. The van der Waals surface area contributed by atoms with Crippen molar-refractivity contribution in [1.82, 2.24) is 0 Å². The number of carbonyl (C=O) groups excluding carboxylic acids is 1. The maximum absolute atomic E-state index is 10.7. The lowest BCUT2D eigenvalue weighted by Gasteiger charge is -2.15. The van der Waals surface area contributed by atoms with Gasteiger partial charge in [-0.05, 0) is 30.2 Å². The molecule has 0 bridgehead atoms. The second-order valence-corrected chi connectivity index (χ2v) is 3.76. The van der Waals surface area contributed by atoms with Crippen LogP contribution in [0.1, 0.15) is 5.56 Å². The summed E-state index contributed by atoms with van der Waals surface area (Å²) in [4.78, 5) is 14.5. The second kappa shape index (κ2) is 3.33. The summed E-state index contributed by atoms with van der Waals surface area (Å²) in [6, 6.07) is 6.21. The van der Waals surface area contributed by atoms with Gasteiger partial charge in [0.25, 0.3) is 0 Å². The fourth-order valence-corrected chi connectivity index (χ4v) is 1.80. The van der Waals surface area contributed by atoms with E-state index in [1.165, 1.54) is 11.3 Å². The highest BCUT2D eigenvalue weighted by molar-refractivity contribution is 5.80. The van der Waals surface area contributed by atoms with Crippen LogP contribution in [0.3, 0.4) is 0 Å². The summed E-state index contributed by atoms with van der Waals surface area (Å²) in [7, 11) is 4.04. The zero-order valence-corrected chi connectivity index (χ0v) is 8.53. The van der Waals surface area contributed by atoms with E-state index in [2.05, 4.69) is 11.0 Å². The molecule has 0 N–H and O–H groups in total. The average molecular weight is 190 g/mol. The number of nitrogens with zero attached hydrogens (tertiary/aromatic N) is 2. The Morgan fingerprint density at radius 1 is 1.43 bits per heavy atom. The molecule has 3 heteroatoms. The Hall–Kier alpha value is -1.51. The first-order valence-electron chi connectivity index (χ1n) is 4.74. The Bertz CT molecular complexity index is 360. The highest BCUT2D eigenvalue weighted by Crippen LogP contribution is 2.29. The van der Waals surface area contributed by atoms with Gasteiger partial charge in [-0.2, -0.15) is 0 Å².